The molecule has 2 aliphatic heterocycles. The maximum atomic E-state index is 13.3. The van der Waals surface area contributed by atoms with Crippen molar-refractivity contribution in [3.05, 3.63) is 16.5 Å². The van der Waals surface area contributed by atoms with Crippen molar-refractivity contribution in [1.82, 2.24) is 9.62 Å². The second-order valence-corrected chi connectivity index (χ2v) is 10.9. The summed E-state index contributed by atoms with van der Waals surface area (Å²) in [6.07, 6.45) is 6.10. The molecule has 1 saturated heterocycles. The second-order valence-electron chi connectivity index (χ2n) is 7.22. The third-order valence-corrected chi connectivity index (χ3v) is 8.95. The van der Waals surface area contributed by atoms with Gasteiger partial charge in [0.15, 0.2) is 0 Å². The zero-order valence-electron chi connectivity index (χ0n) is 14.4. The Morgan fingerprint density at radius 2 is 1.88 bits per heavy atom. The lowest BCUT2D eigenvalue weighted by Crippen LogP contribution is -2.50. The van der Waals surface area contributed by atoms with Crippen molar-refractivity contribution in [3.63, 3.8) is 0 Å². The Bertz CT molecular complexity index is 837. The Kier molecular flexibility index (Phi) is 4.88. The van der Waals surface area contributed by atoms with Crippen LogP contribution in [0.4, 0.5) is 0 Å². The number of carbonyl (C=O) groups excluding carboxylic acids is 1. The molecular weight excluding hydrogens is 394 g/mol. The summed E-state index contributed by atoms with van der Waals surface area (Å²) in [6.45, 7) is 1.35. The highest BCUT2D eigenvalue weighted by Gasteiger charge is 2.54. The third kappa shape index (κ3) is 3.00. The smallest absolute Gasteiger partial charge is 0.281 e. The van der Waals surface area contributed by atoms with Crippen LogP contribution in [0, 0.1) is 5.92 Å². The van der Waals surface area contributed by atoms with E-state index in [1.165, 1.54) is 6.07 Å². The van der Waals surface area contributed by atoms with Crippen LogP contribution in [0.2, 0.25) is 4.34 Å². The number of piperidine rings is 1. The second kappa shape index (κ2) is 6.89. The van der Waals surface area contributed by atoms with Crippen LogP contribution in [-0.2, 0) is 14.8 Å². The summed E-state index contributed by atoms with van der Waals surface area (Å²) in [6, 6.07) is 3.03. The van der Waals surface area contributed by atoms with Crippen molar-refractivity contribution in [1.29, 1.82) is 0 Å². The van der Waals surface area contributed by atoms with Gasteiger partial charge in [-0.3, -0.25) is 9.79 Å². The van der Waals surface area contributed by atoms with Gasteiger partial charge in [0, 0.05) is 5.92 Å². The summed E-state index contributed by atoms with van der Waals surface area (Å²) in [5, 5.41) is 3.23. The lowest BCUT2D eigenvalue weighted by molar-refractivity contribution is -0.128. The number of hydrogen-bond donors (Lipinski definition) is 1. The molecule has 1 aromatic rings. The number of thiophene rings is 1. The monoisotopic (exact) mass is 415 g/mol. The van der Waals surface area contributed by atoms with Gasteiger partial charge >= 0.3 is 0 Å². The van der Waals surface area contributed by atoms with E-state index < -0.39 is 15.6 Å². The number of amides is 1. The van der Waals surface area contributed by atoms with Crippen LogP contribution in [0.3, 0.4) is 0 Å². The van der Waals surface area contributed by atoms with Gasteiger partial charge in [0.1, 0.15) is 15.6 Å². The highest BCUT2D eigenvalue weighted by Crippen LogP contribution is 2.40. The molecule has 142 valence electrons. The van der Waals surface area contributed by atoms with Gasteiger partial charge in [0.2, 0.25) is 0 Å². The number of amidine groups is 1. The number of rotatable bonds is 3. The summed E-state index contributed by atoms with van der Waals surface area (Å²) >= 11 is 6.93. The van der Waals surface area contributed by atoms with Gasteiger partial charge in [-0.05, 0) is 50.9 Å². The fourth-order valence-corrected chi connectivity index (χ4v) is 7.22. The van der Waals surface area contributed by atoms with Crippen molar-refractivity contribution < 1.29 is 13.2 Å². The van der Waals surface area contributed by atoms with E-state index in [0.717, 1.165) is 47.7 Å². The van der Waals surface area contributed by atoms with Crippen LogP contribution in [0.5, 0.6) is 0 Å². The first-order valence-corrected chi connectivity index (χ1v) is 11.7. The summed E-state index contributed by atoms with van der Waals surface area (Å²) in [4.78, 5) is 18.1. The van der Waals surface area contributed by atoms with E-state index in [0.29, 0.717) is 36.1 Å². The van der Waals surface area contributed by atoms with Crippen LogP contribution >= 0.6 is 22.9 Å². The molecule has 0 atom stereocenters. The zero-order valence-corrected chi connectivity index (χ0v) is 16.8. The lowest BCUT2D eigenvalue weighted by atomic mass is 9.88. The number of halogens is 1. The normalized spacial score (nSPS) is 24.3. The highest BCUT2D eigenvalue weighted by atomic mass is 35.5. The number of nitrogens with zero attached hydrogens (tertiary/aromatic N) is 2. The van der Waals surface area contributed by atoms with Gasteiger partial charge < -0.3 is 5.32 Å². The Morgan fingerprint density at radius 3 is 2.50 bits per heavy atom. The van der Waals surface area contributed by atoms with E-state index in [2.05, 4.69) is 5.32 Å². The molecule has 3 heterocycles. The molecule has 26 heavy (non-hydrogen) atoms. The maximum Gasteiger partial charge on any atom is 0.281 e. The Balaban J connectivity index is 1.78. The Labute approximate surface area is 162 Å². The van der Waals surface area contributed by atoms with E-state index >= 15 is 0 Å². The van der Waals surface area contributed by atoms with E-state index in [9.17, 15) is 13.2 Å². The van der Waals surface area contributed by atoms with E-state index in [1.54, 1.807) is 6.07 Å². The standard InChI is InChI=1S/C17H22ClN3O3S2/c18-13-6-7-14(25-13)26(23,24)21-15(12-4-2-1-3-5-12)20-17(16(21)22)8-10-19-11-9-17/h6-7,12,19H,1-5,8-11H2. The molecule has 2 fully saturated rings. The van der Waals surface area contributed by atoms with Gasteiger partial charge in [-0.2, -0.15) is 12.7 Å². The molecule has 0 unspecified atom stereocenters. The molecule has 1 saturated carbocycles. The minimum absolute atomic E-state index is 0.0344. The molecule has 4 rings (SSSR count). The van der Waals surface area contributed by atoms with E-state index in [4.69, 9.17) is 16.6 Å². The van der Waals surface area contributed by atoms with Crippen molar-refractivity contribution in [2.45, 2.75) is 54.7 Å². The average Bonchev–Trinajstić information content (AvgIpc) is 3.20. The molecule has 1 spiro atoms. The topological polar surface area (TPSA) is 78.8 Å². The quantitative estimate of drug-likeness (QED) is 0.822. The van der Waals surface area contributed by atoms with Gasteiger partial charge in [0.05, 0.1) is 4.34 Å². The highest BCUT2D eigenvalue weighted by molar-refractivity contribution is 7.92. The number of hydrogen-bond acceptors (Lipinski definition) is 6. The van der Waals surface area contributed by atoms with Crippen molar-refractivity contribution in [2.24, 2.45) is 10.9 Å². The minimum atomic E-state index is -3.97. The number of carbonyl (C=O) groups is 1. The zero-order chi connectivity index (χ0) is 18.4. The molecule has 0 radical (unpaired) electrons. The molecule has 0 bridgehead atoms. The number of nitrogens with one attached hydrogen (secondary N) is 1. The van der Waals surface area contributed by atoms with Gasteiger partial charge in [-0.25, -0.2) is 0 Å². The molecule has 6 nitrogen and oxygen atoms in total. The third-order valence-electron chi connectivity index (χ3n) is 5.56. The SMILES string of the molecule is O=C1N(S(=O)(=O)c2ccc(Cl)s2)C(C2CCCCC2)=NC12CCNCC2. The average molecular weight is 416 g/mol. The van der Waals surface area contributed by atoms with Crippen LogP contribution in [0.15, 0.2) is 21.3 Å². The molecular formula is C17H22ClN3O3S2. The first-order valence-electron chi connectivity index (χ1n) is 9.10. The van der Waals surface area contributed by atoms with E-state index in [-0.39, 0.29) is 16.0 Å². The predicted molar refractivity (Wildman–Crippen MR) is 102 cm³/mol. The number of sulfonamides is 1. The van der Waals surface area contributed by atoms with Crippen LogP contribution in [-0.4, -0.2) is 43.1 Å². The summed E-state index contributed by atoms with van der Waals surface area (Å²) < 4.78 is 28.1. The van der Waals surface area contributed by atoms with Crippen LogP contribution < -0.4 is 5.32 Å². The summed E-state index contributed by atoms with van der Waals surface area (Å²) in [5.41, 5.74) is -0.924. The van der Waals surface area contributed by atoms with Gasteiger partial charge in [-0.15, -0.1) is 11.3 Å². The van der Waals surface area contributed by atoms with Crippen molar-refractivity contribution in [3.8, 4) is 0 Å². The minimum Gasteiger partial charge on any atom is -0.317 e. The predicted octanol–water partition coefficient (Wildman–Crippen LogP) is 3.03. The molecule has 1 aromatic heterocycles. The fourth-order valence-electron chi connectivity index (χ4n) is 4.15. The maximum absolute atomic E-state index is 13.3. The Hall–Kier alpha value is -0.960. The van der Waals surface area contributed by atoms with Crippen molar-refractivity contribution >= 4 is 44.7 Å². The largest absolute Gasteiger partial charge is 0.317 e. The summed E-state index contributed by atoms with van der Waals surface area (Å²) in [5.74, 6) is 0.109. The van der Waals surface area contributed by atoms with E-state index in [1.807, 2.05) is 0 Å². The molecule has 0 aromatic carbocycles. The molecule has 9 heteroatoms. The summed E-state index contributed by atoms with van der Waals surface area (Å²) in [7, 11) is -3.97. The number of aliphatic imine (C=N–C) groups is 1. The fraction of sp³-hybridized carbons (Fsp3) is 0.647. The molecule has 1 amide bonds. The van der Waals surface area contributed by atoms with Crippen LogP contribution in [0.1, 0.15) is 44.9 Å². The first kappa shape index (κ1) is 18.4. The van der Waals surface area contributed by atoms with Crippen LogP contribution in [0.25, 0.3) is 0 Å². The van der Waals surface area contributed by atoms with Gasteiger partial charge in [-0.1, -0.05) is 30.9 Å². The first-order chi connectivity index (χ1) is 12.4. The lowest BCUT2D eigenvalue weighted by Gasteiger charge is -2.30. The van der Waals surface area contributed by atoms with Crippen molar-refractivity contribution in [2.75, 3.05) is 13.1 Å². The Morgan fingerprint density at radius 1 is 1.19 bits per heavy atom. The molecule has 1 aliphatic carbocycles. The molecule has 3 aliphatic rings. The van der Waals surface area contributed by atoms with Gasteiger partial charge in [0.25, 0.3) is 15.9 Å². The molecule has 1 N–H and O–H groups in total.